The number of carbonyl (C=O) groups excluding carboxylic acids is 1. The van der Waals surface area contributed by atoms with Gasteiger partial charge in [-0.3, -0.25) is 4.79 Å². The van der Waals surface area contributed by atoms with Gasteiger partial charge in [-0.15, -0.1) is 0 Å². The lowest BCUT2D eigenvalue weighted by molar-refractivity contribution is -0.118. The van der Waals surface area contributed by atoms with Gasteiger partial charge in [0.05, 0.1) is 17.2 Å². The van der Waals surface area contributed by atoms with E-state index >= 15 is 0 Å². The van der Waals surface area contributed by atoms with Crippen molar-refractivity contribution in [3.8, 4) is 5.75 Å². The van der Waals surface area contributed by atoms with Gasteiger partial charge >= 0.3 is 5.97 Å². The van der Waals surface area contributed by atoms with Crippen LogP contribution in [0.2, 0.25) is 0 Å². The van der Waals surface area contributed by atoms with E-state index in [9.17, 15) is 18.4 Å². The van der Waals surface area contributed by atoms with Crippen LogP contribution in [0.1, 0.15) is 35.3 Å². The van der Waals surface area contributed by atoms with Crippen LogP contribution in [-0.4, -0.2) is 23.6 Å². The largest absolute Gasteiger partial charge is 0.489 e. The highest BCUT2D eigenvalue weighted by Crippen LogP contribution is 2.19. The van der Waals surface area contributed by atoms with E-state index in [1.54, 1.807) is 12.1 Å². The molecule has 0 heterocycles. The van der Waals surface area contributed by atoms with E-state index in [2.05, 4.69) is 5.32 Å². The molecule has 0 spiro atoms. The topological polar surface area (TPSA) is 102 Å². The Bertz CT molecular complexity index is 939. The van der Waals surface area contributed by atoms with E-state index in [4.69, 9.17) is 15.6 Å². The molecule has 2 aromatic carbocycles. The summed E-state index contributed by atoms with van der Waals surface area (Å²) in [5, 5.41) is 11.8. The van der Waals surface area contributed by atoms with Crippen molar-refractivity contribution >= 4 is 11.9 Å². The number of nitrogens with two attached hydrogens (primary N) is 1. The Morgan fingerprint density at radius 3 is 2.33 bits per heavy atom. The third-order valence-corrected chi connectivity index (χ3v) is 4.24. The average molecular weight is 416 g/mol. The first-order valence-electron chi connectivity index (χ1n) is 9.14. The van der Waals surface area contributed by atoms with Crippen LogP contribution in [0.3, 0.4) is 0 Å². The predicted molar refractivity (Wildman–Crippen MR) is 108 cm³/mol. The van der Waals surface area contributed by atoms with E-state index in [1.807, 2.05) is 6.92 Å². The van der Waals surface area contributed by atoms with Crippen molar-refractivity contribution in [2.75, 3.05) is 6.61 Å². The summed E-state index contributed by atoms with van der Waals surface area (Å²) in [7, 11) is 0. The van der Waals surface area contributed by atoms with Crippen LogP contribution in [0.4, 0.5) is 8.78 Å². The molecule has 0 aliphatic heterocycles. The second kappa shape index (κ2) is 10.8. The summed E-state index contributed by atoms with van der Waals surface area (Å²) in [6, 6.07) is 10.8. The number of ether oxygens (including phenoxy) is 1. The number of hydrogen-bond donors (Lipinski definition) is 3. The molecule has 0 saturated carbocycles. The van der Waals surface area contributed by atoms with Crippen LogP contribution in [0.25, 0.3) is 0 Å². The molecule has 1 unspecified atom stereocenters. The van der Waals surface area contributed by atoms with Gasteiger partial charge < -0.3 is 20.9 Å². The standard InChI is InChI=1S/C22H22F2N2O4/c1-2-20(14-3-5-15(6-4-14)22(28)29)26-21(27)16(11-18(24)12-25)13-30-19-9-7-17(23)8-10-19/h3-12,20H,2,13,25H2,1H3,(H,26,27)(H,28,29)/b16-11+,18-12+. The van der Waals surface area contributed by atoms with Crippen molar-refractivity contribution in [3.05, 3.63) is 89.2 Å². The third kappa shape index (κ3) is 6.44. The molecular weight excluding hydrogens is 394 g/mol. The minimum Gasteiger partial charge on any atom is -0.489 e. The zero-order valence-electron chi connectivity index (χ0n) is 16.3. The van der Waals surface area contributed by atoms with Crippen molar-refractivity contribution in [2.45, 2.75) is 19.4 Å². The molecule has 158 valence electrons. The molecule has 4 N–H and O–H groups in total. The molecule has 2 aromatic rings. The zero-order valence-corrected chi connectivity index (χ0v) is 16.3. The van der Waals surface area contributed by atoms with Gasteiger partial charge in [0.1, 0.15) is 24.0 Å². The molecule has 0 bridgehead atoms. The SMILES string of the molecule is CCC(NC(=O)/C(=C/C(F)=C\N)COc1ccc(F)cc1)c1ccc(C(=O)O)cc1. The van der Waals surface area contributed by atoms with Crippen molar-refractivity contribution in [1.29, 1.82) is 0 Å². The van der Waals surface area contributed by atoms with Crippen molar-refractivity contribution < 1.29 is 28.2 Å². The van der Waals surface area contributed by atoms with Crippen molar-refractivity contribution in [3.63, 3.8) is 0 Å². The number of nitrogens with one attached hydrogen (secondary N) is 1. The van der Waals surface area contributed by atoms with E-state index in [1.165, 1.54) is 36.4 Å². The maximum atomic E-state index is 13.7. The highest BCUT2D eigenvalue weighted by atomic mass is 19.1. The quantitative estimate of drug-likeness (QED) is 0.426. The van der Waals surface area contributed by atoms with Crippen LogP contribution in [0, 0.1) is 5.82 Å². The highest BCUT2D eigenvalue weighted by Gasteiger charge is 2.18. The molecule has 8 heteroatoms. The fourth-order valence-electron chi connectivity index (χ4n) is 2.61. The van der Waals surface area contributed by atoms with Gasteiger partial charge in [0.15, 0.2) is 0 Å². The van der Waals surface area contributed by atoms with Crippen LogP contribution < -0.4 is 15.8 Å². The third-order valence-electron chi connectivity index (χ3n) is 4.24. The number of benzene rings is 2. The molecule has 0 saturated heterocycles. The molecule has 2 rings (SSSR count). The summed E-state index contributed by atoms with van der Waals surface area (Å²) in [4.78, 5) is 23.7. The Morgan fingerprint density at radius 1 is 1.17 bits per heavy atom. The van der Waals surface area contributed by atoms with E-state index in [-0.39, 0.29) is 17.7 Å². The Balaban J connectivity index is 2.16. The second-order valence-electron chi connectivity index (χ2n) is 6.33. The lowest BCUT2D eigenvalue weighted by Crippen LogP contribution is -2.31. The second-order valence-corrected chi connectivity index (χ2v) is 6.33. The first kappa shape index (κ1) is 22.6. The summed E-state index contributed by atoms with van der Waals surface area (Å²) < 4.78 is 32.2. The van der Waals surface area contributed by atoms with Gasteiger partial charge in [0.25, 0.3) is 5.91 Å². The monoisotopic (exact) mass is 416 g/mol. The molecule has 0 aromatic heterocycles. The minimum atomic E-state index is -1.05. The van der Waals surface area contributed by atoms with Crippen LogP contribution in [0.15, 0.2) is 72.2 Å². The summed E-state index contributed by atoms with van der Waals surface area (Å²) in [6.45, 7) is 1.57. The first-order valence-corrected chi connectivity index (χ1v) is 9.14. The number of allylic oxidation sites excluding steroid dienone is 2. The lowest BCUT2D eigenvalue weighted by Gasteiger charge is -2.19. The van der Waals surface area contributed by atoms with Crippen LogP contribution >= 0.6 is 0 Å². The van der Waals surface area contributed by atoms with Gasteiger partial charge in [-0.25, -0.2) is 13.6 Å². The molecule has 0 aliphatic carbocycles. The van der Waals surface area contributed by atoms with Gasteiger partial charge in [-0.1, -0.05) is 19.1 Å². The molecule has 6 nitrogen and oxygen atoms in total. The molecule has 0 radical (unpaired) electrons. The van der Waals surface area contributed by atoms with Gasteiger partial charge in [0.2, 0.25) is 0 Å². The fraction of sp³-hybridized carbons (Fsp3) is 0.182. The number of aromatic carboxylic acids is 1. The van der Waals surface area contributed by atoms with Gasteiger partial charge in [-0.05, 0) is 54.5 Å². The Morgan fingerprint density at radius 2 is 1.80 bits per heavy atom. The fourth-order valence-corrected chi connectivity index (χ4v) is 2.61. The Labute approximate surface area is 172 Å². The minimum absolute atomic E-state index is 0.0286. The van der Waals surface area contributed by atoms with E-state index < -0.39 is 29.6 Å². The number of halogens is 2. The maximum Gasteiger partial charge on any atom is 0.335 e. The first-order chi connectivity index (χ1) is 14.3. The predicted octanol–water partition coefficient (Wildman–Crippen LogP) is 3.87. The Hall–Kier alpha value is -3.68. The molecule has 1 amide bonds. The number of carboxylic acids is 1. The van der Waals surface area contributed by atoms with Crippen molar-refractivity contribution in [1.82, 2.24) is 5.32 Å². The van der Waals surface area contributed by atoms with Gasteiger partial charge in [-0.2, -0.15) is 0 Å². The van der Waals surface area contributed by atoms with E-state index in [0.29, 0.717) is 23.9 Å². The summed E-state index contributed by atoms with van der Waals surface area (Å²) >= 11 is 0. The van der Waals surface area contributed by atoms with Gasteiger partial charge in [0, 0.05) is 6.20 Å². The molecule has 0 aliphatic rings. The number of hydrogen-bond acceptors (Lipinski definition) is 4. The Kier molecular flexibility index (Phi) is 8.10. The van der Waals surface area contributed by atoms with Crippen LogP contribution in [0.5, 0.6) is 5.75 Å². The number of carboxylic acid groups (broad SMARTS) is 1. The lowest BCUT2D eigenvalue weighted by atomic mass is 10.0. The summed E-state index contributed by atoms with van der Waals surface area (Å²) in [5.74, 6) is -2.58. The molecule has 1 atom stereocenters. The van der Waals surface area contributed by atoms with Crippen molar-refractivity contribution in [2.24, 2.45) is 5.73 Å². The molecular formula is C22H22F2N2O4. The number of carbonyl (C=O) groups is 2. The number of amides is 1. The van der Waals surface area contributed by atoms with E-state index in [0.717, 1.165) is 6.08 Å². The highest BCUT2D eigenvalue weighted by molar-refractivity contribution is 5.94. The summed E-state index contributed by atoms with van der Waals surface area (Å²) in [6.07, 6.45) is 2.19. The van der Waals surface area contributed by atoms with Crippen LogP contribution in [-0.2, 0) is 4.79 Å². The molecule has 0 fully saturated rings. The average Bonchev–Trinajstić information content (AvgIpc) is 2.75. The number of rotatable bonds is 9. The summed E-state index contributed by atoms with van der Waals surface area (Å²) in [5.41, 5.74) is 5.96. The smallest absolute Gasteiger partial charge is 0.335 e. The normalized spacial score (nSPS) is 12.9. The maximum absolute atomic E-state index is 13.7. The zero-order chi connectivity index (χ0) is 22.1. The molecule has 30 heavy (non-hydrogen) atoms.